The minimum atomic E-state index is 0.459. The maximum atomic E-state index is 5.55. The molecule has 0 aromatic carbocycles. The predicted molar refractivity (Wildman–Crippen MR) is 86.3 cm³/mol. The number of hydrogen-bond acceptors (Lipinski definition) is 2. The largest absolute Gasteiger partial charge is 0.381 e. The molecule has 0 saturated heterocycles. The van der Waals surface area contributed by atoms with Crippen molar-refractivity contribution in [3.8, 4) is 0 Å². The molecular formula is C16H33N3O. The Balaban J connectivity index is 2.05. The number of ether oxygens (including phenoxy) is 1. The highest BCUT2D eigenvalue weighted by molar-refractivity contribution is 5.79. The molecule has 0 spiro atoms. The first-order valence-electron chi connectivity index (χ1n) is 8.22. The van der Waals surface area contributed by atoms with Crippen LogP contribution in [0.4, 0.5) is 0 Å². The molecule has 0 aromatic rings. The van der Waals surface area contributed by atoms with Gasteiger partial charge in [0, 0.05) is 33.4 Å². The molecule has 4 nitrogen and oxygen atoms in total. The fourth-order valence-corrected chi connectivity index (χ4v) is 2.65. The first kappa shape index (κ1) is 17.3. The summed E-state index contributed by atoms with van der Waals surface area (Å²) >= 11 is 0. The van der Waals surface area contributed by atoms with Crippen LogP contribution in [0.15, 0.2) is 4.99 Å². The second-order valence-electron chi connectivity index (χ2n) is 6.19. The Bertz CT molecular complexity index is 273. The topological polar surface area (TPSA) is 45.6 Å². The summed E-state index contributed by atoms with van der Waals surface area (Å²) in [5.74, 6) is 0.923. The first-order valence-corrected chi connectivity index (χ1v) is 8.22. The van der Waals surface area contributed by atoms with E-state index in [0.717, 1.165) is 45.1 Å². The van der Waals surface area contributed by atoms with Gasteiger partial charge in [-0.3, -0.25) is 4.99 Å². The van der Waals surface area contributed by atoms with Crippen LogP contribution in [-0.4, -0.2) is 39.3 Å². The van der Waals surface area contributed by atoms with Gasteiger partial charge in [-0.2, -0.15) is 0 Å². The van der Waals surface area contributed by atoms with E-state index < -0.39 is 0 Å². The maximum absolute atomic E-state index is 5.55. The van der Waals surface area contributed by atoms with Crippen LogP contribution in [-0.2, 0) is 4.74 Å². The second-order valence-corrected chi connectivity index (χ2v) is 6.19. The maximum Gasteiger partial charge on any atom is 0.190 e. The van der Waals surface area contributed by atoms with Gasteiger partial charge in [-0.1, -0.05) is 33.1 Å². The van der Waals surface area contributed by atoms with Crippen molar-refractivity contribution in [2.24, 2.45) is 10.4 Å². The minimum Gasteiger partial charge on any atom is -0.381 e. The SMILES string of the molecule is CCCCOCCCNC(=NC)NCC1(C)CCCC1. The van der Waals surface area contributed by atoms with Crippen molar-refractivity contribution in [1.82, 2.24) is 10.6 Å². The van der Waals surface area contributed by atoms with Crippen LogP contribution in [0.3, 0.4) is 0 Å². The van der Waals surface area contributed by atoms with Gasteiger partial charge in [-0.15, -0.1) is 0 Å². The zero-order valence-corrected chi connectivity index (χ0v) is 13.6. The third kappa shape index (κ3) is 7.13. The zero-order valence-electron chi connectivity index (χ0n) is 13.6. The number of hydrogen-bond donors (Lipinski definition) is 2. The van der Waals surface area contributed by atoms with Crippen molar-refractivity contribution in [1.29, 1.82) is 0 Å². The fourth-order valence-electron chi connectivity index (χ4n) is 2.65. The third-order valence-corrected chi connectivity index (χ3v) is 4.12. The number of unbranched alkanes of at least 4 members (excludes halogenated alkanes) is 1. The Hall–Kier alpha value is -0.770. The lowest BCUT2D eigenvalue weighted by molar-refractivity contribution is 0.129. The normalized spacial score (nSPS) is 18.2. The van der Waals surface area contributed by atoms with E-state index in [2.05, 4.69) is 29.5 Å². The molecule has 1 saturated carbocycles. The molecule has 2 N–H and O–H groups in total. The summed E-state index contributed by atoms with van der Waals surface area (Å²) in [5, 5.41) is 6.82. The molecule has 0 bridgehead atoms. The van der Waals surface area contributed by atoms with Gasteiger partial charge >= 0.3 is 0 Å². The predicted octanol–water partition coefficient (Wildman–Crippen LogP) is 2.94. The van der Waals surface area contributed by atoms with Crippen LogP contribution < -0.4 is 10.6 Å². The standard InChI is InChI=1S/C16H33N3O/c1-4-5-12-20-13-8-11-18-15(17-3)19-14-16(2)9-6-7-10-16/h4-14H2,1-3H3,(H2,17,18,19). The molecule has 1 rings (SSSR count). The Morgan fingerprint density at radius 1 is 1.15 bits per heavy atom. The van der Waals surface area contributed by atoms with E-state index in [-0.39, 0.29) is 0 Å². The monoisotopic (exact) mass is 283 g/mol. The zero-order chi connectivity index (χ0) is 14.7. The van der Waals surface area contributed by atoms with Crippen molar-refractivity contribution < 1.29 is 4.74 Å². The Morgan fingerprint density at radius 2 is 1.85 bits per heavy atom. The van der Waals surface area contributed by atoms with E-state index >= 15 is 0 Å². The molecule has 4 heteroatoms. The van der Waals surface area contributed by atoms with E-state index in [4.69, 9.17) is 4.74 Å². The quantitative estimate of drug-likeness (QED) is 0.388. The summed E-state index contributed by atoms with van der Waals surface area (Å²) in [7, 11) is 1.84. The summed E-state index contributed by atoms with van der Waals surface area (Å²) in [6.45, 7) is 8.24. The van der Waals surface area contributed by atoms with Crippen molar-refractivity contribution in [2.45, 2.75) is 58.8 Å². The molecule has 0 radical (unpaired) electrons. The lowest BCUT2D eigenvalue weighted by Gasteiger charge is -2.25. The van der Waals surface area contributed by atoms with Gasteiger partial charge in [-0.25, -0.2) is 0 Å². The molecule has 0 aliphatic heterocycles. The van der Waals surface area contributed by atoms with Gasteiger partial charge in [0.1, 0.15) is 0 Å². The van der Waals surface area contributed by atoms with Gasteiger partial charge < -0.3 is 15.4 Å². The number of nitrogens with zero attached hydrogens (tertiary/aromatic N) is 1. The molecule has 0 unspecified atom stereocenters. The molecule has 118 valence electrons. The van der Waals surface area contributed by atoms with Crippen molar-refractivity contribution in [3.63, 3.8) is 0 Å². The Morgan fingerprint density at radius 3 is 2.50 bits per heavy atom. The van der Waals surface area contributed by atoms with E-state index in [9.17, 15) is 0 Å². The number of nitrogens with one attached hydrogen (secondary N) is 2. The summed E-state index contributed by atoms with van der Waals surface area (Å²) in [4.78, 5) is 4.28. The Labute approximate surface area is 124 Å². The smallest absolute Gasteiger partial charge is 0.190 e. The van der Waals surface area contributed by atoms with Crippen molar-refractivity contribution in [3.05, 3.63) is 0 Å². The highest BCUT2D eigenvalue weighted by atomic mass is 16.5. The molecule has 20 heavy (non-hydrogen) atoms. The van der Waals surface area contributed by atoms with Gasteiger partial charge in [0.15, 0.2) is 5.96 Å². The molecule has 1 aliphatic rings. The van der Waals surface area contributed by atoms with Crippen LogP contribution in [0.25, 0.3) is 0 Å². The third-order valence-electron chi connectivity index (χ3n) is 4.12. The Kier molecular flexibility index (Phi) is 8.67. The van der Waals surface area contributed by atoms with Crippen molar-refractivity contribution in [2.75, 3.05) is 33.4 Å². The average molecular weight is 283 g/mol. The second kappa shape index (κ2) is 10.0. The van der Waals surface area contributed by atoms with E-state index in [0.29, 0.717) is 5.41 Å². The number of rotatable bonds is 9. The van der Waals surface area contributed by atoms with Crippen molar-refractivity contribution >= 4 is 5.96 Å². The van der Waals surface area contributed by atoms with Gasteiger partial charge in [-0.05, 0) is 31.1 Å². The van der Waals surface area contributed by atoms with E-state index in [1.54, 1.807) is 0 Å². The minimum absolute atomic E-state index is 0.459. The lowest BCUT2D eigenvalue weighted by Crippen LogP contribution is -2.42. The summed E-state index contributed by atoms with van der Waals surface area (Å²) in [6.07, 6.45) is 8.81. The number of guanidine groups is 1. The highest BCUT2D eigenvalue weighted by Crippen LogP contribution is 2.36. The van der Waals surface area contributed by atoms with Crippen LogP contribution in [0.1, 0.15) is 58.8 Å². The summed E-state index contributed by atoms with van der Waals surface area (Å²) < 4.78 is 5.55. The molecule has 0 aromatic heterocycles. The van der Waals surface area contributed by atoms with Crippen LogP contribution >= 0.6 is 0 Å². The van der Waals surface area contributed by atoms with E-state index in [1.165, 1.54) is 32.1 Å². The summed E-state index contributed by atoms with van der Waals surface area (Å²) in [6, 6.07) is 0. The van der Waals surface area contributed by atoms with Gasteiger partial charge in [0.2, 0.25) is 0 Å². The lowest BCUT2D eigenvalue weighted by atomic mass is 9.89. The fraction of sp³-hybridized carbons (Fsp3) is 0.938. The number of aliphatic imine (C=N–C) groups is 1. The summed E-state index contributed by atoms with van der Waals surface area (Å²) in [5.41, 5.74) is 0.459. The van der Waals surface area contributed by atoms with Gasteiger partial charge in [0.25, 0.3) is 0 Å². The molecule has 0 atom stereocenters. The van der Waals surface area contributed by atoms with Crippen LogP contribution in [0.5, 0.6) is 0 Å². The molecule has 0 heterocycles. The van der Waals surface area contributed by atoms with Crippen LogP contribution in [0.2, 0.25) is 0 Å². The average Bonchev–Trinajstić information content (AvgIpc) is 2.88. The van der Waals surface area contributed by atoms with Gasteiger partial charge in [0.05, 0.1) is 0 Å². The molecule has 1 fully saturated rings. The first-order chi connectivity index (χ1) is 9.70. The highest BCUT2D eigenvalue weighted by Gasteiger charge is 2.28. The van der Waals surface area contributed by atoms with E-state index in [1.807, 2.05) is 7.05 Å². The molecular weight excluding hydrogens is 250 g/mol. The molecule has 0 amide bonds. The van der Waals surface area contributed by atoms with Crippen LogP contribution in [0, 0.1) is 5.41 Å². The molecule has 1 aliphatic carbocycles.